The summed E-state index contributed by atoms with van der Waals surface area (Å²) in [7, 11) is 0. The van der Waals surface area contributed by atoms with Crippen LogP contribution in [0.2, 0.25) is 0 Å². The Morgan fingerprint density at radius 1 is 0.941 bits per heavy atom. The van der Waals surface area contributed by atoms with E-state index in [4.69, 9.17) is 13.9 Å². The van der Waals surface area contributed by atoms with Crippen LogP contribution in [0.1, 0.15) is 15.9 Å². The van der Waals surface area contributed by atoms with Crippen LogP contribution in [-0.4, -0.2) is 35.8 Å². The minimum absolute atomic E-state index is 0.211. The second-order valence-electron chi connectivity index (χ2n) is 7.70. The van der Waals surface area contributed by atoms with Crippen LogP contribution < -0.4 is 0 Å². The van der Waals surface area contributed by atoms with Crippen molar-refractivity contribution in [2.45, 2.75) is 6.92 Å². The van der Waals surface area contributed by atoms with Gasteiger partial charge in [-0.25, -0.2) is 4.98 Å². The van der Waals surface area contributed by atoms with E-state index in [1.54, 1.807) is 30.6 Å². The van der Waals surface area contributed by atoms with Gasteiger partial charge in [-0.1, -0.05) is 28.9 Å². The molecule has 0 fully saturated rings. The number of benzene rings is 2. The molecule has 2 aromatic carbocycles. The predicted octanol–water partition coefficient (Wildman–Crippen LogP) is 4.80. The maximum atomic E-state index is 13.6. The second kappa shape index (κ2) is 7.89. The van der Waals surface area contributed by atoms with Gasteiger partial charge in [-0.15, -0.1) is 10.2 Å². The molecule has 0 bridgehead atoms. The quantitative estimate of drug-likeness (QED) is 0.378. The first-order valence-electron chi connectivity index (χ1n) is 10.5. The van der Waals surface area contributed by atoms with Crippen LogP contribution in [0.5, 0.6) is 0 Å². The Kier molecular flexibility index (Phi) is 4.58. The molecule has 0 N–H and O–H groups in total. The Bertz CT molecular complexity index is 1620. The van der Waals surface area contributed by atoms with E-state index >= 15 is 0 Å². The van der Waals surface area contributed by atoms with Gasteiger partial charge in [0.15, 0.2) is 11.5 Å². The fourth-order valence-corrected chi connectivity index (χ4v) is 3.77. The molecule has 0 saturated heterocycles. The van der Waals surface area contributed by atoms with Crippen LogP contribution in [0.4, 0.5) is 0 Å². The highest BCUT2D eigenvalue weighted by atomic mass is 16.5. The van der Waals surface area contributed by atoms with Crippen molar-refractivity contribution >= 4 is 16.9 Å². The van der Waals surface area contributed by atoms with Gasteiger partial charge < -0.3 is 8.94 Å². The summed E-state index contributed by atoms with van der Waals surface area (Å²) in [5, 5.41) is 11.5. The number of pyridine rings is 1. The number of aryl methyl sites for hydroxylation is 1. The average Bonchev–Trinajstić information content (AvgIpc) is 3.63. The molecule has 0 aliphatic carbocycles. The zero-order valence-corrected chi connectivity index (χ0v) is 17.9. The summed E-state index contributed by atoms with van der Waals surface area (Å²) in [5.41, 5.74) is 5.19. The molecule has 9 heteroatoms. The monoisotopic (exact) mass is 448 g/mol. The van der Waals surface area contributed by atoms with E-state index in [0.717, 1.165) is 16.7 Å². The summed E-state index contributed by atoms with van der Waals surface area (Å²) < 4.78 is 12.3. The number of carbonyl (C=O) groups is 1. The van der Waals surface area contributed by atoms with Gasteiger partial charge in [-0.2, -0.15) is 0 Å². The van der Waals surface area contributed by atoms with Gasteiger partial charge in [0, 0.05) is 24.0 Å². The fourth-order valence-electron chi connectivity index (χ4n) is 3.77. The van der Waals surface area contributed by atoms with E-state index in [9.17, 15) is 4.79 Å². The summed E-state index contributed by atoms with van der Waals surface area (Å²) >= 11 is 0. The Morgan fingerprint density at radius 3 is 2.53 bits per heavy atom. The number of aromatic nitrogens is 6. The van der Waals surface area contributed by atoms with Crippen LogP contribution in [0, 0.1) is 6.92 Å². The van der Waals surface area contributed by atoms with Gasteiger partial charge in [0.1, 0.15) is 0 Å². The van der Waals surface area contributed by atoms with Crippen molar-refractivity contribution in [2.24, 2.45) is 0 Å². The van der Waals surface area contributed by atoms with Crippen LogP contribution in [0.15, 0.2) is 88.4 Å². The maximum Gasteiger partial charge on any atom is 0.269 e. The molecule has 4 aromatic heterocycles. The van der Waals surface area contributed by atoms with Gasteiger partial charge in [-0.3, -0.25) is 14.3 Å². The standard InChI is InChI=1S/C25H16N6O3/c1-15-2-4-17(5-3-15)25(32)31-21-7-6-18(16-8-10-26-11-9-16)12-19(21)28-23(31)22-13-20(30-34-22)24-29-27-14-33-24/h2-14H,1H3. The molecule has 0 amide bonds. The van der Waals surface area contributed by atoms with Crippen molar-refractivity contribution in [1.29, 1.82) is 0 Å². The molecule has 6 rings (SSSR count). The zero-order chi connectivity index (χ0) is 23.1. The van der Waals surface area contributed by atoms with Crippen molar-refractivity contribution < 1.29 is 13.7 Å². The van der Waals surface area contributed by atoms with Crippen molar-refractivity contribution in [3.05, 3.63) is 90.6 Å². The fraction of sp³-hybridized carbons (Fsp3) is 0.0400. The lowest BCUT2D eigenvalue weighted by atomic mass is 10.1. The highest BCUT2D eigenvalue weighted by Gasteiger charge is 2.24. The van der Waals surface area contributed by atoms with Crippen LogP contribution in [0.25, 0.3) is 45.3 Å². The number of imidazole rings is 1. The Balaban J connectivity index is 1.54. The molecule has 0 atom stereocenters. The van der Waals surface area contributed by atoms with E-state index in [1.165, 1.54) is 11.0 Å². The predicted molar refractivity (Wildman–Crippen MR) is 123 cm³/mol. The average molecular weight is 448 g/mol. The molecular weight excluding hydrogens is 432 g/mol. The van der Waals surface area contributed by atoms with Gasteiger partial charge in [0.2, 0.25) is 12.2 Å². The first kappa shape index (κ1) is 19.7. The van der Waals surface area contributed by atoms with Crippen molar-refractivity contribution in [1.82, 2.24) is 29.9 Å². The van der Waals surface area contributed by atoms with E-state index < -0.39 is 0 Å². The normalized spacial score (nSPS) is 11.2. The number of hydrogen-bond acceptors (Lipinski definition) is 8. The van der Waals surface area contributed by atoms with Crippen molar-refractivity contribution in [2.75, 3.05) is 0 Å². The molecule has 164 valence electrons. The van der Waals surface area contributed by atoms with Crippen molar-refractivity contribution in [3.8, 4) is 34.3 Å². The zero-order valence-electron chi connectivity index (χ0n) is 17.9. The lowest BCUT2D eigenvalue weighted by Gasteiger charge is -2.07. The molecular formula is C25H16N6O3. The number of rotatable bonds is 4. The largest absolute Gasteiger partial charge is 0.422 e. The minimum Gasteiger partial charge on any atom is -0.422 e. The third-order valence-electron chi connectivity index (χ3n) is 5.48. The van der Waals surface area contributed by atoms with Gasteiger partial charge >= 0.3 is 0 Å². The molecule has 34 heavy (non-hydrogen) atoms. The molecule has 4 heterocycles. The smallest absolute Gasteiger partial charge is 0.269 e. The van der Waals surface area contributed by atoms with E-state index in [-0.39, 0.29) is 11.8 Å². The molecule has 0 unspecified atom stereocenters. The topological polar surface area (TPSA) is 113 Å². The molecule has 0 radical (unpaired) electrons. The first-order chi connectivity index (χ1) is 16.7. The second-order valence-corrected chi connectivity index (χ2v) is 7.70. The molecule has 9 nitrogen and oxygen atoms in total. The third-order valence-corrected chi connectivity index (χ3v) is 5.48. The molecule has 0 aliphatic rings. The number of carbonyl (C=O) groups excluding carboxylic acids is 1. The molecule has 6 aromatic rings. The highest BCUT2D eigenvalue weighted by molar-refractivity contribution is 6.04. The molecule has 0 aliphatic heterocycles. The summed E-state index contributed by atoms with van der Waals surface area (Å²) in [6.07, 6.45) is 4.68. The van der Waals surface area contributed by atoms with Gasteiger partial charge in [0.25, 0.3) is 11.8 Å². The third kappa shape index (κ3) is 3.36. The number of nitrogens with zero attached hydrogens (tertiary/aromatic N) is 6. The van der Waals surface area contributed by atoms with E-state index in [2.05, 4.69) is 20.3 Å². The molecule has 0 saturated carbocycles. The number of fused-ring (bicyclic) bond motifs is 1. The minimum atomic E-state index is -0.232. The van der Waals surface area contributed by atoms with Crippen LogP contribution >= 0.6 is 0 Å². The highest BCUT2D eigenvalue weighted by Crippen LogP contribution is 2.31. The summed E-state index contributed by atoms with van der Waals surface area (Å²) in [6.45, 7) is 1.97. The lowest BCUT2D eigenvalue weighted by molar-refractivity contribution is 0.0965. The van der Waals surface area contributed by atoms with Crippen molar-refractivity contribution in [3.63, 3.8) is 0 Å². The Labute approximate surface area is 192 Å². The summed E-state index contributed by atoms with van der Waals surface area (Å²) in [4.78, 5) is 22.5. The summed E-state index contributed by atoms with van der Waals surface area (Å²) in [5.74, 6) is 0.605. The SMILES string of the molecule is Cc1ccc(C(=O)n2c(-c3cc(-c4nnco4)no3)nc3cc(-c4ccncc4)ccc32)cc1. The Hall–Kier alpha value is -4.92. The van der Waals surface area contributed by atoms with Gasteiger partial charge in [0.05, 0.1) is 11.0 Å². The lowest BCUT2D eigenvalue weighted by Crippen LogP contribution is -2.13. The van der Waals surface area contributed by atoms with E-state index in [0.29, 0.717) is 33.9 Å². The van der Waals surface area contributed by atoms with Crippen LogP contribution in [0.3, 0.4) is 0 Å². The summed E-state index contributed by atoms with van der Waals surface area (Å²) in [6, 6.07) is 18.6. The molecule has 0 spiro atoms. The Morgan fingerprint density at radius 2 is 1.76 bits per heavy atom. The van der Waals surface area contributed by atoms with Gasteiger partial charge in [-0.05, 0) is 54.4 Å². The number of hydrogen-bond donors (Lipinski definition) is 0. The maximum absolute atomic E-state index is 13.6. The van der Waals surface area contributed by atoms with Crippen LogP contribution in [-0.2, 0) is 0 Å². The first-order valence-corrected chi connectivity index (χ1v) is 10.5. The van der Waals surface area contributed by atoms with E-state index in [1.807, 2.05) is 49.4 Å².